The second kappa shape index (κ2) is 6.68. The summed E-state index contributed by atoms with van der Waals surface area (Å²) >= 11 is 0. The van der Waals surface area contributed by atoms with Gasteiger partial charge in [-0.05, 0) is 25.5 Å². The number of nitrogens with one attached hydrogen (secondary N) is 1. The van der Waals surface area contributed by atoms with Gasteiger partial charge in [0.1, 0.15) is 5.56 Å². The van der Waals surface area contributed by atoms with Crippen LogP contribution in [-0.4, -0.2) is 30.2 Å². The Morgan fingerprint density at radius 1 is 1.16 bits per heavy atom. The van der Waals surface area contributed by atoms with Crippen molar-refractivity contribution in [3.8, 4) is 0 Å². The number of rotatable bonds is 4. The van der Waals surface area contributed by atoms with Crippen LogP contribution >= 0.6 is 0 Å². The maximum Gasteiger partial charge on any atom is 0.264 e. The van der Waals surface area contributed by atoms with Crippen molar-refractivity contribution < 1.29 is 4.79 Å². The van der Waals surface area contributed by atoms with Crippen LogP contribution in [0.1, 0.15) is 27.3 Å². The lowest BCUT2D eigenvalue weighted by molar-refractivity contribution is 0.102. The number of aromatic nitrogens is 5. The third kappa shape index (κ3) is 3.63. The average Bonchev–Trinajstić information content (AvgIpc) is 2.97. The molecule has 0 unspecified atom stereocenters. The van der Waals surface area contributed by atoms with Crippen LogP contribution in [0.3, 0.4) is 0 Å². The highest BCUT2D eigenvalue weighted by Crippen LogP contribution is 2.08. The zero-order valence-electron chi connectivity index (χ0n) is 14.2. The summed E-state index contributed by atoms with van der Waals surface area (Å²) in [6.07, 6.45) is 6.62. The van der Waals surface area contributed by atoms with E-state index in [0.29, 0.717) is 17.1 Å². The summed E-state index contributed by atoms with van der Waals surface area (Å²) in [4.78, 5) is 33.7. The van der Waals surface area contributed by atoms with Gasteiger partial charge in [0, 0.05) is 31.7 Å². The van der Waals surface area contributed by atoms with Crippen LogP contribution in [0.15, 0.2) is 41.7 Å². The van der Waals surface area contributed by atoms with Crippen LogP contribution < -0.4 is 10.9 Å². The number of hydrogen-bond acceptors (Lipinski definition) is 5. The predicted octanol–water partition coefficient (Wildman–Crippen LogP) is 1.29. The van der Waals surface area contributed by atoms with E-state index < -0.39 is 5.91 Å². The van der Waals surface area contributed by atoms with E-state index in [-0.39, 0.29) is 17.7 Å². The number of anilines is 1. The molecule has 0 aromatic carbocycles. The molecular weight excluding hydrogens is 320 g/mol. The van der Waals surface area contributed by atoms with Gasteiger partial charge in [-0.2, -0.15) is 5.10 Å². The highest BCUT2D eigenvalue weighted by atomic mass is 16.2. The van der Waals surface area contributed by atoms with Crippen molar-refractivity contribution >= 4 is 11.7 Å². The van der Waals surface area contributed by atoms with Gasteiger partial charge < -0.3 is 9.88 Å². The van der Waals surface area contributed by atoms with Crippen molar-refractivity contribution in [1.82, 2.24) is 24.3 Å². The average molecular weight is 338 g/mol. The SMILES string of the molecule is Cc1cnc(Cn2ccc(C)c(C(=O)Nc3ccn(C)n3)c2=O)cn1. The van der Waals surface area contributed by atoms with Crippen molar-refractivity contribution in [2.75, 3.05) is 5.32 Å². The monoisotopic (exact) mass is 338 g/mol. The number of amides is 1. The Balaban J connectivity index is 1.90. The number of carbonyl (C=O) groups is 1. The summed E-state index contributed by atoms with van der Waals surface area (Å²) in [5.41, 5.74) is 1.76. The zero-order valence-corrected chi connectivity index (χ0v) is 14.2. The first-order valence-corrected chi connectivity index (χ1v) is 7.72. The van der Waals surface area contributed by atoms with Crippen molar-refractivity contribution in [3.63, 3.8) is 0 Å². The summed E-state index contributed by atoms with van der Waals surface area (Å²) < 4.78 is 3.02. The molecule has 0 spiro atoms. The van der Waals surface area contributed by atoms with Crippen LogP contribution in [0.2, 0.25) is 0 Å². The third-order valence-electron chi connectivity index (χ3n) is 3.72. The van der Waals surface area contributed by atoms with Crippen molar-refractivity contribution in [2.45, 2.75) is 20.4 Å². The fraction of sp³-hybridized carbons (Fsp3) is 0.235. The highest BCUT2D eigenvalue weighted by Gasteiger charge is 2.17. The topological polar surface area (TPSA) is 94.7 Å². The van der Waals surface area contributed by atoms with Crippen LogP contribution in [0.25, 0.3) is 0 Å². The molecule has 0 aliphatic rings. The van der Waals surface area contributed by atoms with E-state index in [1.807, 2.05) is 6.92 Å². The van der Waals surface area contributed by atoms with Gasteiger partial charge >= 0.3 is 0 Å². The van der Waals surface area contributed by atoms with Crippen LogP contribution in [0.5, 0.6) is 0 Å². The lowest BCUT2D eigenvalue weighted by atomic mass is 10.1. The molecule has 0 atom stereocenters. The minimum atomic E-state index is -0.481. The Labute approximate surface area is 144 Å². The van der Waals surface area contributed by atoms with Crippen LogP contribution in [-0.2, 0) is 13.6 Å². The van der Waals surface area contributed by atoms with Crippen molar-refractivity contribution in [2.24, 2.45) is 7.05 Å². The number of aryl methyl sites for hydroxylation is 3. The van der Waals surface area contributed by atoms with E-state index in [1.165, 1.54) is 4.57 Å². The van der Waals surface area contributed by atoms with Crippen molar-refractivity contribution in [3.05, 3.63) is 69.8 Å². The minimum absolute atomic E-state index is 0.0909. The predicted molar refractivity (Wildman–Crippen MR) is 92.5 cm³/mol. The summed E-state index contributed by atoms with van der Waals surface area (Å²) in [7, 11) is 1.75. The summed E-state index contributed by atoms with van der Waals surface area (Å²) in [6.45, 7) is 3.82. The largest absolute Gasteiger partial charge is 0.309 e. The van der Waals surface area contributed by atoms with Gasteiger partial charge in [0.2, 0.25) is 0 Å². The summed E-state index contributed by atoms with van der Waals surface area (Å²) in [6, 6.07) is 3.40. The smallest absolute Gasteiger partial charge is 0.264 e. The molecule has 0 bridgehead atoms. The van der Waals surface area contributed by atoms with Gasteiger partial charge in [0.15, 0.2) is 5.82 Å². The molecule has 1 amide bonds. The van der Waals surface area contributed by atoms with Gasteiger partial charge in [0.25, 0.3) is 11.5 Å². The van der Waals surface area contributed by atoms with E-state index in [0.717, 1.165) is 5.69 Å². The molecule has 3 rings (SSSR count). The molecule has 1 N–H and O–H groups in total. The quantitative estimate of drug-likeness (QED) is 0.773. The summed E-state index contributed by atoms with van der Waals surface area (Å²) in [5, 5.41) is 6.74. The molecule has 0 saturated carbocycles. The maximum atomic E-state index is 12.7. The zero-order chi connectivity index (χ0) is 18.0. The van der Waals surface area contributed by atoms with E-state index in [2.05, 4.69) is 20.4 Å². The third-order valence-corrected chi connectivity index (χ3v) is 3.72. The molecule has 0 aliphatic carbocycles. The lowest BCUT2D eigenvalue weighted by Crippen LogP contribution is -2.30. The lowest BCUT2D eigenvalue weighted by Gasteiger charge is -2.10. The van der Waals surface area contributed by atoms with Gasteiger partial charge in [0.05, 0.1) is 24.1 Å². The Bertz CT molecular complexity index is 972. The van der Waals surface area contributed by atoms with Gasteiger partial charge in [-0.15, -0.1) is 0 Å². The molecule has 0 saturated heterocycles. The fourth-order valence-electron chi connectivity index (χ4n) is 2.40. The van der Waals surface area contributed by atoms with E-state index in [9.17, 15) is 9.59 Å². The maximum absolute atomic E-state index is 12.7. The van der Waals surface area contributed by atoms with Gasteiger partial charge in [-0.25, -0.2) is 0 Å². The first-order chi connectivity index (χ1) is 11.9. The molecule has 25 heavy (non-hydrogen) atoms. The minimum Gasteiger partial charge on any atom is -0.309 e. The fourth-order valence-corrected chi connectivity index (χ4v) is 2.40. The summed E-state index contributed by atoms with van der Waals surface area (Å²) in [5.74, 6) is -0.0864. The number of pyridine rings is 1. The standard InChI is InChI=1S/C17H18N6O2/c1-11-4-7-23(10-13-9-18-12(2)8-19-13)17(25)15(11)16(24)20-14-5-6-22(3)21-14/h4-9H,10H2,1-3H3,(H,20,21,24). The van der Waals surface area contributed by atoms with E-state index >= 15 is 0 Å². The Morgan fingerprint density at radius 2 is 1.96 bits per heavy atom. The molecule has 3 aromatic rings. The first kappa shape index (κ1) is 16.6. The van der Waals surface area contributed by atoms with Crippen LogP contribution in [0.4, 0.5) is 5.82 Å². The molecule has 0 aliphatic heterocycles. The molecule has 8 heteroatoms. The molecule has 128 valence electrons. The molecular formula is C17H18N6O2. The normalized spacial score (nSPS) is 10.7. The number of hydrogen-bond donors (Lipinski definition) is 1. The van der Waals surface area contributed by atoms with E-state index in [1.54, 1.807) is 55.6 Å². The number of nitrogens with zero attached hydrogens (tertiary/aromatic N) is 5. The Kier molecular flexibility index (Phi) is 4.42. The Morgan fingerprint density at radius 3 is 2.60 bits per heavy atom. The van der Waals surface area contributed by atoms with Crippen molar-refractivity contribution in [1.29, 1.82) is 0 Å². The van der Waals surface area contributed by atoms with E-state index in [4.69, 9.17) is 0 Å². The first-order valence-electron chi connectivity index (χ1n) is 7.72. The molecule has 0 fully saturated rings. The van der Waals surface area contributed by atoms with Gasteiger partial charge in [-0.3, -0.25) is 24.2 Å². The molecule has 8 nitrogen and oxygen atoms in total. The van der Waals surface area contributed by atoms with Crippen LogP contribution in [0, 0.1) is 13.8 Å². The molecule has 0 radical (unpaired) electrons. The second-order valence-electron chi connectivity index (χ2n) is 5.78. The molecule has 3 aromatic heterocycles. The highest BCUT2D eigenvalue weighted by molar-refractivity contribution is 6.04. The molecule has 3 heterocycles. The van der Waals surface area contributed by atoms with Gasteiger partial charge in [-0.1, -0.05) is 0 Å². The Hall–Kier alpha value is -3.29. The second-order valence-corrected chi connectivity index (χ2v) is 5.78. The number of carbonyl (C=O) groups excluding carboxylic acids is 1.